The first-order valence-electron chi connectivity index (χ1n) is 9.58. The van der Waals surface area contributed by atoms with Crippen LogP contribution in [0.3, 0.4) is 0 Å². The molecule has 1 saturated carbocycles. The zero-order valence-electron chi connectivity index (χ0n) is 15.3. The Hall–Kier alpha value is -1.43. The van der Waals surface area contributed by atoms with Crippen molar-refractivity contribution < 1.29 is 9.90 Å². The predicted molar refractivity (Wildman–Crippen MR) is 99.5 cm³/mol. The smallest absolute Gasteiger partial charge is 0.251 e. The van der Waals surface area contributed by atoms with Gasteiger partial charge in [0.05, 0.1) is 6.10 Å². The van der Waals surface area contributed by atoms with E-state index in [1.54, 1.807) is 0 Å². The monoisotopic (exact) mass is 345 g/mol. The molecule has 3 rings (SSSR count). The summed E-state index contributed by atoms with van der Waals surface area (Å²) in [6.07, 6.45) is 3.85. The highest BCUT2D eigenvalue weighted by molar-refractivity contribution is 5.94. The van der Waals surface area contributed by atoms with Gasteiger partial charge in [0.1, 0.15) is 0 Å². The van der Waals surface area contributed by atoms with Gasteiger partial charge in [-0.1, -0.05) is 25.0 Å². The number of benzene rings is 1. The molecular formula is C20H31N3O2. The minimum atomic E-state index is -0.266. The van der Waals surface area contributed by atoms with E-state index in [-0.39, 0.29) is 17.9 Å². The van der Waals surface area contributed by atoms with Gasteiger partial charge in [-0.05, 0) is 37.6 Å². The number of aliphatic hydroxyl groups excluding tert-OH is 1. The predicted octanol–water partition coefficient (Wildman–Crippen LogP) is 1.71. The molecule has 1 saturated heterocycles. The first-order chi connectivity index (χ1) is 12.1. The van der Waals surface area contributed by atoms with Gasteiger partial charge in [0.15, 0.2) is 0 Å². The number of likely N-dealkylation sites (N-methyl/N-ethyl adjacent to an activating group) is 1. The second-order valence-corrected chi connectivity index (χ2v) is 7.60. The Morgan fingerprint density at radius 1 is 1.20 bits per heavy atom. The number of carbonyl (C=O) groups is 1. The molecule has 1 aliphatic carbocycles. The second-order valence-electron chi connectivity index (χ2n) is 7.60. The van der Waals surface area contributed by atoms with E-state index in [9.17, 15) is 9.90 Å². The van der Waals surface area contributed by atoms with E-state index in [2.05, 4.69) is 28.2 Å². The molecule has 5 heteroatoms. The first-order valence-corrected chi connectivity index (χ1v) is 9.58. The highest BCUT2D eigenvalue weighted by Crippen LogP contribution is 2.23. The Kier molecular flexibility index (Phi) is 6.45. The molecule has 0 spiro atoms. The summed E-state index contributed by atoms with van der Waals surface area (Å²) in [6, 6.07) is 7.95. The normalized spacial score (nSPS) is 25.7. The first kappa shape index (κ1) is 18.4. The quantitative estimate of drug-likeness (QED) is 0.853. The number of aliphatic hydroxyl groups is 1. The van der Waals surface area contributed by atoms with Crippen molar-refractivity contribution in [1.82, 2.24) is 15.1 Å². The van der Waals surface area contributed by atoms with E-state index >= 15 is 0 Å². The summed E-state index contributed by atoms with van der Waals surface area (Å²) in [6.45, 7) is 5.83. The van der Waals surface area contributed by atoms with Crippen LogP contribution < -0.4 is 5.32 Å². The van der Waals surface area contributed by atoms with Crippen molar-refractivity contribution >= 4 is 5.91 Å². The van der Waals surface area contributed by atoms with Crippen molar-refractivity contribution in [3.8, 4) is 0 Å². The summed E-state index contributed by atoms with van der Waals surface area (Å²) in [5.41, 5.74) is 1.91. The van der Waals surface area contributed by atoms with E-state index < -0.39 is 0 Å². The molecular weight excluding hydrogens is 314 g/mol. The molecule has 2 unspecified atom stereocenters. The number of rotatable bonds is 5. The molecule has 25 heavy (non-hydrogen) atoms. The Labute approximate surface area is 151 Å². The molecule has 5 nitrogen and oxygen atoms in total. The number of amides is 1. The molecule has 1 aromatic carbocycles. The van der Waals surface area contributed by atoms with E-state index in [0.29, 0.717) is 6.54 Å². The van der Waals surface area contributed by atoms with Crippen LogP contribution in [0.4, 0.5) is 0 Å². The third-order valence-corrected chi connectivity index (χ3v) is 5.59. The maximum Gasteiger partial charge on any atom is 0.251 e. The van der Waals surface area contributed by atoms with E-state index in [1.165, 1.54) is 5.56 Å². The van der Waals surface area contributed by atoms with Crippen LogP contribution in [0.2, 0.25) is 0 Å². The van der Waals surface area contributed by atoms with Crippen molar-refractivity contribution in [2.75, 3.05) is 39.8 Å². The van der Waals surface area contributed by atoms with Gasteiger partial charge in [-0.2, -0.15) is 0 Å². The standard InChI is InChI=1S/C20H31N3O2/c1-22-9-11-23(12-10-22)15-16-5-4-7-17(13-16)20(25)21-14-18-6-2-3-8-19(18)24/h4-5,7,13,18-19,24H,2-3,6,8-12,14-15H2,1H3,(H,21,25). The maximum atomic E-state index is 12.5. The number of hydrogen-bond acceptors (Lipinski definition) is 4. The molecule has 1 heterocycles. The summed E-state index contributed by atoms with van der Waals surface area (Å²) >= 11 is 0. The zero-order chi connectivity index (χ0) is 17.6. The SMILES string of the molecule is CN1CCN(Cc2cccc(C(=O)NCC3CCCCC3O)c2)CC1. The highest BCUT2D eigenvalue weighted by atomic mass is 16.3. The number of nitrogens with zero attached hydrogens (tertiary/aromatic N) is 2. The number of piperazine rings is 1. The fourth-order valence-electron chi connectivity index (χ4n) is 3.83. The van der Waals surface area contributed by atoms with Gasteiger partial charge in [0.25, 0.3) is 5.91 Å². The molecule has 2 atom stereocenters. The molecule has 0 bridgehead atoms. The third-order valence-electron chi connectivity index (χ3n) is 5.59. The summed E-state index contributed by atoms with van der Waals surface area (Å²) in [7, 11) is 2.16. The van der Waals surface area contributed by atoms with Crippen LogP contribution in [0.5, 0.6) is 0 Å². The average molecular weight is 345 g/mol. The maximum absolute atomic E-state index is 12.5. The third kappa shape index (κ3) is 5.27. The summed E-state index contributed by atoms with van der Waals surface area (Å²) < 4.78 is 0. The lowest BCUT2D eigenvalue weighted by Crippen LogP contribution is -2.43. The lowest BCUT2D eigenvalue weighted by Gasteiger charge is -2.32. The van der Waals surface area contributed by atoms with Crippen LogP contribution in [-0.2, 0) is 6.54 Å². The van der Waals surface area contributed by atoms with Crippen LogP contribution in [0.25, 0.3) is 0 Å². The van der Waals surface area contributed by atoms with E-state index in [4.69, 9.17) is 0 Å². The zero-order valence-corrected chi connectivity index (χ0v) is 15.3. The Morgan fingerprint density at radius 3 is 2.72 bits per heavy atom. The van der Waals surface area contributed by atoms with Crippen molar-refractivity contribution in [1.29, 1.82) is 0 Å². The van der Waals surface area contributed by atoms with Crippen LogP contribution in [0, 0.1) is 5.92 Å². The van der Waals surface area contributed by atoms with Crippen molar-refractivity contribution in [2.45, 2.75) is 38.3 Å². The summed E-state index contributed by atoms with van der Waals surface area (Å²) in [4.78, 5) is 17.3. The van der Waals surface area contributed by atoms with Gasteiger partial charge in [0, 0.05) is 50.7 Å². The van der Waals surface area contributed by atoms with Crippen molar-refractivity contribution in [3.63, 3.8) is 0 Å². The second kappa shape index (κ2) is 8.79. The van der Waals surface area contributed by atoms with Crippen molar-refractivity contribution in [3.05, 3.63) is 35.4 Å². The van der Waals surface area contributed by atoms with Crippen LogP contribution >= 0.6 is 0 Å². The highest BCUT2D eigenvalue weighted by Gasteiger charge is 2.23. The molecule has 0 radical (unpaired) electrons. The minimum Gasteiger partial charge on any atom is -0.393 e. The lowest BCUT2D eigenvalue weighted by atomic mass is 9.86. The molecule has 1 amide bonds. The fraction of sp³-hybridized carbons (Fsp3) is 0.650. The molecule has 1 aliphatic heterocycles. The summed E-state index contributed by atoms with van der Waals surface area (Å²) in [5, 5.41) is 13.1. The molecule has 1 aromatic rings. The Bertz CT molecular complexity index is 570. The molecule has 0 aromatic heterocycles. The van der Waals surface area contributed by atoms with Crippen LogP contribution in [-0.4, -0.2) is 66.7 Å². The molecule has 2 N–H and O–H groups in total. The topological polar surface area (TPSA) is 55.8 Å². The van der Waals surface area contributed by atoms with E-state index in [0.717, 1.165) is 64.0 Å². The number of carbonyl (C=O) groups excluding carboxylic acids is 1. The molecule has 2 aliphatic rings. The van der Waals surface area contributed by atoms with Crippen LogP contribution in [0.1, 0.15) is 41.6 Å². The van der Waals surface area contributed by atoms with Gasteiger partial charge in [-0.3, -0.25) is 9.69 Å². The van der Waals surface area contributed by atoms with E-state index in [1.807, 2.05) is 18.2 Å². The van der Waals surface area contributed by atoms with Gasteiger partial charge < -0.3 is 15.3 Å². The number of hydrogen-bond donors (Lipinski definition) is 2. The Morgan fingerprint density at radius 2 is 1.96 bits per heavy atom. The average Bonchev–Trinajstić information content (AvgIpc) is 2.63. The molecule has 2 fully saturated rings. The van der Waals surface area contributed by atoms with Gasteiger partial charge >= 0.3 is 0 Å². The minimum absolute atomic E-state index is 0.0296. The van der Waals surface area contributed by atoms with Gasteiger partial charge in [-0.25, -0.2) is 0 Å². The fourth-order valence-corrected chi connectivity index (χ4v) is 3.83. The van der Waals surface area contributed by atoms with Gasteiger partial charge in [-0.15, -0.1) is 0 Å². The van der Waals surface area contributed by atoms with Crippen molar-refractivity contribution in [2.24, 2.45) is 5.92 Å². The molecule has 138 valence electrons. The number of nitrogens with one attached hydrogen (secondary N) is 1. The largest absolute Gasteiger partial charge is 0.393 e. The van der Waals surface area contributed by atoms with Gasteiger partial charge in [0.2, 0.25) is 0 Å². The summed E-state index contributed by atoms with van der Waals surface area (Å²) in [5.74, 6) is 0.171. The van der Waals surface area contributed by atoms with Crippen LogP contribution in [0.15, 0.2) is 24.3 Å². The lowest BCUT2D eigenvalue weighted by molar-refractivity contribution is 0.0663. The Balaban J connectivity index is 1.52.